The van der Waals surface area contributed by atoms with Crippen LogP contribution in [0, 0.1) is 0 Å². The van der Waals surface area contributed by atoms with E-state index >= 15 is 0 Å². The van der Waals surface area contributed by atoms with Crippen molar-refractivity contribution in [2.75, 3.05) is 13.1 Å². The highest BCUT2D eigenvalue weighted by Gasteiger charge is 2.42. The van der Waals surface area contributed by atoms with Crippen molar-refractivity contribution in [2.24, 2.45) is 5.73 Å². The maximum atomic E-state index is 13.4. The Balaban J connectivity index is 1.57. The molecule has 3 N–H and O–H groups in total. The highest BCUT2D eigenvalue weighted by atomic mass is 35.5. The molecule has 36 heavy (non-hydrogen) atoms. The quantitative estimate of drug-likeness (QED) is 0.493. The number of nitrogens with one attached hydrogen (secondary N) is 1. The van der Waals surface area contributed by atoms with Crippen LogP contribution in [0.1, 0.15) is 27.0 Å². The molecule has 7 nitrogen and oxygen atoms in total. The minimum Gasteiger partial charge on any atom is -0.349 e. The zero-order valence-corrected chi connectivity index (χ0v) is 21.0. The number of carbonyl (C=O) groups is 3. The van der Waals surface area contributed by atoms with Crippen LogP contribution in [0.5, 0.6) is 0 Å². The molecular weight excluding hydrogens is 499 g/mol. The van der Waals surface area contributed by atoms with Crippen molar-refractivity contribution in [1.29, 1.82) is 0 Å². The second-order valence-electron chi connectivity index (χ2n) is 8.49. The Hall–Kier alpha value is -3.39. The van der Waals surface area contributed by atoms with Crippen molar-refractivity contribution in [2.45, 2.75) is 25.7 Å². The zero-order valence-electron chi connectivity index (χ0n) is 19.5. The monoisotopic (exact) mass is 524 g/mol. The lowest BCUT2D eigenvalue weighted by atomic mass is 10.1. The van der Waals surface area contributed by atoms with Crippen molar-refractivity contribution < 1.29 is 14.4 Å². The molecule has 0 spiro atoms. The molecule has 1 fully saturated rings. The van der Waals surface area contributed by atoms with Crippen LogP contribution in [0.15, 0.2) is 72.8 Å². The summed E-state index contributed by atoms with van der Waals surface area (Å²) >= 11 is 12.1. The molecule has 1 atom stereocenters. The number of benzene rings is 3. The first-order chi connectivity index (χ1) is 17.4. The van der Waals surface area contributed by atoms with Gasteiger partial charge in [-0.3, -0.25) is 14.4 Å². The third-order valence-electron chi connectivity index (χ3n) is 6.05. The molecular formula is C27H26Cl2N4O3. The Morgan fingerprint density at radius 2 is 1.53 bits per heavy atom. The van der Waals surface area contributed by atoms with Gasteiger partial charge in [0.25, 0.3) is 11.8 Å². The molecule has 3 aromatic rings. The van der Waals surface area contributed by atoms with Crippen LogP contribution >= 0.6 is 23.2 Å². The van der Waals surface area contributed by atoms with Crippen LogP contribution in [0.4, 0.5) is 0 Å². The average Bonchev–Trinajstić information content (AvgIpc) is 3.35. The fraction of sp³-hybridized carbons (Fsp3) is 0.222. The second kappa shape index (κ2) is 11.6. The Kier molecular flexibility index (Phi) is 8.25. The lowest BCUT2D eigenvalue weighted by Crippen LogP contribution is -2.54. The van der Waals surface area contributed by atoms with E-state index in [1.807, 2.05) is 54.6 Å². The van der Waals surface area contributed by atoms with Crippen molar-refractivity contribution in [3.8, 4) is 0 Å². The standard InChI is InChI=1S/C27H26Cl2N4O3/c28-22-10-9-21(15-23(22)29)27(36)33-12-11-32(24(34)14-18-5-2-1-3-6-18)26(33)25(35)31-17-20-8-4-7-19(13-20)16-30/h1-10,13,15,26H,11-12,14,16-17,30H2,(H,31,35). The molecule has 1 heterocycles. The third kappa shape index (κ3) is 5.87. The number of halogens is 2. The SMILES string of the molecule is NCc1cccc(CNC(=O)C2N(C(=O)Cc3ccccc3)CCN2C(=O)c2ccc(Cl)c(Cl)c2)c1. The summed E-state index contributed by atoms with van der Waals surface area (Å²) < 4.78 is 0. The number of hydrogen-bond donors (Lipinski definition) is 2. The van der Waals surface area contributed by atoms with Gasteiger partial charge < -0.3 is 20.9 Å². The van der Waals surface area contributed by atoms with Crippen LogP contribution in [-0.4, -0.2) is 46.8 Å². The maximum Gasteiger partial charge on any atom is 0.264 e. The molecule has 1 saturated heterocycles. The summed E-state index contributed by atoms with van der Waals surface area (Å²) in [5.74, 6) is -1.09. The van der Waals surface area contributed by atoms with Gasteiger partial charge in [0.1, 0.15) is 0 Å². The molecule has 0 radical (unpaired) electrons. The van der Waals surface area contributed by atoms with E-state index in [-0.39, 0.29) is 42.5 Å². The molecule has 0 saturated carbocycles. The van der Waals surface area contributed by atoms with Gasteiger partial charge in [0.05, 0.1) is 16.5 Å². The second-order valence-corrected chi connectivity index (χ2v) is 9.31. The number of hydrogen-bond acceptors (Lipinski definition) is 4. The van der Waals surface area contributed by atoms with Crippen LogP contribution in [0.2, 0.25) is 10.0 Å². The van der Waals surface area contributed by atoms with Crippen LogP contribution < -0.4 is 11.1 Å². The largest absolute Gasteiger partial charge is 0.349 e. The lowest BCUT2D eigenvalue weighted by molar-refractivity contribution is -0.141. The lowest BCUT2D eigenvalue weighted by Gasteiger charge is -2.29. The van der Waals surface area contributed by atoms with Crippen molar-refractivity contribution in [3.63, 3.8) is 0 Å². The third-order valence-corrected chi connectivity index (χ3v) is 6.79. The molecule has 4 rings (SSSR count). The molecule has 0 aromatic heterocycles. The summed E-state index contributed by atoms with van der Waals surface area (Å²) in [4.78, 5) is 42.9. The minimum atomic E-state index is -1.10. The van der Waals surface area contributed by atoms with Gasteiger partial charge in [-0.2, -0.15) is 0 Å². The van der Waals surface area contributed by atoms with Crippen LogP contribution in [0.3, 0.4) is 0 Å². The Bertz CT molecular complexity index is 1270. The summed E-state index contributed by atoms with van der Waals surface area (Å²) in [6.45, 7) is 1.07. The predicted molar refractivity (Wildman–Crippen MR) is 139 cm³/mol. The van der Waals surface area contributed by atoms with E-state index in [4.69, 9.17) is 28.9 Å². The van der Waals surface area contributed by atoms with E-state index in [0.717, 1.165) is 16.7 Å². The smallest absolute Gasteiger partial charge is 0.264 e. The predicted octanol–water partition coefficient (Wildman–Crippen LogP) is 3.62. The maximum absolute atomic E-state index is 13.4. The number of rotatable bonds is 7. The Labute approximate surface area is 219 Å². The summed E-state index contributed by atoms with van der Waals surface area (Å²) in [7, 11) is 0. The minimum absolute atomic E-state index is 0.123. The highest BCUT2D eigenvalue weighted by Crippen LogP contribution is 2.26. The first-order valence-electron chi connectivity index (χ1n) is 11.5. The van der Waals surface area contributed by atoms with Gasteiger partial charge in [0.15, 0.2) is 6.17 Å². The van der Waals surface area contributed by atoms with Crippen LogP contribution in [0.25, 0.3) is 0 Å². The molecule has 0 aliphatic carbocycles. The Morgan fingerprint density at radius 3 is 2.25 bits per heavy atom. The van der Waals surface area contributed by atoms with Gasteiger partial charge in [-0.25, -0.2) is 0 Å². The summed E-state index contributed by atoms with van der Waals surface area (Å²) in [6, 6.07) is 21.4. The van der Waals surface area contributed by atoms with Gasteiger partial charge in [0.2, 0.25) is 5.91 Å². The number of nitrogens with zero attached hydrogens (tertiary/aromatic N) is 2. The highest BCUT2D eigenvalue weighted by molar-refractivity contribution is 6.42. The fourth-order valence-corrected chi connectivity index (χ4v) is 4.50. The van der Waals surface area contributed by atoms with E-state index in [0.29, 0.717) is 11.6 Å². The number of nitrogens with two attached hydrogens (primary N) is 1. The molecule has 1 aliphatic rings. The zero-order chi connectivity index (χ0) is 25.7. The first-order valence-corrected chi connectivity index (χ1v) is 12.3. The number of amides is 3. The molecule has 9 heteroatoms. The van der Waals surface area contributed by atoms with E-state index < -0.39 is 18.0 Å². The molecule has 186 valence electrons. The molecule has 1 aliphatic heterocycles. The van der Waals surface area contributed by atoms with Crippen LogP contribution in [-0.2, 0) is 29.1 Å². The molecule has 0 bridgehead atoms. The molecule has 1 unspecified atom stereocenters. The van der Waals surface area contributed by atoms with Crippen molar-refractivity contribution >= 4 is 40.9 Å². The van der Waals surface area contributed by atoms with E-state index in [1.165, 1.54) is 21.9 Å². The Morgan fingerprint density at radius 1 is 0.833 bits per heavy atom. The van der Waals surface area contributed by atoms with Gasteiger partial charge in [0, 0.05) is 31.7 Å². The van der Waals surface area contributed by atoms with Gasteiger partial charge in [-0.05, 0) is 34.9 Å². The average molecular weight is 525 g/mol. The normalized spacial score (nSPS) is 15.1. The van der Waals surface area contributed by atoms with Crippen molar-refractivity contribution in [1.82, 2.24) is 15.1 Å². The first kappa shape index (κ1) is 25.7. The van der Waals surface area contributed by atoms with E-state index in [1.54, 1.807) is 6.07 Å². The van der Waals surface area contributed by atoms with E-state index in [2.05, 4.69) is 5.32 Å². The topological polar surface area (TPSA) is 95.7 Å². The van der Waals surface area contributed by atoms with Crippen molar-refractivity contribution in [3.05, 3.63) is 105 Å². The molecule has 3 amide bonds. The molecule has 3 aromatic carbocycles. The summed E-state index contributed by atoms with van der Waals surface area (Å²) in [6.07, 6.45) is -0.973. The van der Waals surface area contributed by atoms with E-state index in [9.17, 15) is 14.4 Å². The van der Waals surface area contributed by atoms with Gasteiger partial charge in [-0.1, -0.05) is 77.8 Å². The fourth-order valence-electron chi connectivity index (χ4n) is 4.20. The summed E-state index contributed by atoms with van der Waals surface area (Å²) in [5.41, 5.74) is 8.65. The van der Waals surface area contributed by atoms with Gasteiger partial charge >= 0.3 is 0 Å². The number of carbonyl (C=O) groups excluding carboxylic acids is 3. The summed E-state index contributed by atoms with van der Waals surface area (Å²) in [5, 5.41) is 3.44. The van der Waals surface area contributed by atoms with Gasteiger partial charge in [-0.15, -0.1) is 0 Å².